The molecule has 1 fully saturated rings. The van der Waals surface area contributed by atoms with Gasteiger partial charge >= 0.3 is 0 Å². The standard InChI is InChI=1S/C13H23N3O/c1-10(2)12(8-14)13(17)16-7-5-6-11(9-16)15(3)4/h10-12H,5-7,9H2,1-4H3. The maximum Gasteiger partial charge on any atom is 0.240 e. The van der Waals surface area contributed by atoms with E-state index in [1.165, 1.54) is 0 Å². The third-order valence-electron chi connectivity index (χ3n) is 3.51. The zero-order valence-corrected chi connectivity index (χ0v) is 11.3. The second-order valence-electron chi connectivity index (χ2n) is 5.39. The summed E-state index contributed by atoms with van der Waals surface area (Å²) in [7, 11) is 4.09. The van der Waals surface area contributed by atoms with E-state index in [1.807, 2.05) is 32.8 Å². The van der Waals surface area contributed by atoms with E-state index < -0.39 is 5.92 Å². The topological polar surface area (TPSA) is 47.3 Å². The van der Waals surface area contributed by atoms with Crippen molar-refractivity contribution in [2.24, 2.45) is 11.8 Å². The maximum absolute atomic E-state index is 12.2. The Bertz CT molecular complexity index is 306. The predicted octanol–water partition coefficient (Wildman–Crippen LogP) is 1.33. The lowest BCUT2D eigenvalue weighted by molar-refractivity contribution is -0.136. The van der Waals surface area contributed by atoms with Gasteiger partial charge in [-0.3, -0.25) is 4.79 Å². The Hall–Kier alpha value is -1.08. The Morgan fingerprint density at radius 3 is 2.59 bits per heavy atom. The minimum absolute atomic E-state index is 0.00838. The lowest BCUT2D eigenvalue weighted by Gasteiger charge is -2.37. The molecule has 1 amide bonds. The SMILES string of the molecule is CC(C)C(C#N)C(=O)N1CCCC(N(C)C)C1. The number of nitriles is 1. The summed E-state index contributed by atoms with van der Waals surface area (Å²) in [5.74, 6) is -0.391. The van der Waals surface area contributed by atoms with Gasteiger partial charge in [-0.2, -0.15) is 5.26 Å². The van der Waals surface area contributed by atoms with Crippen molar-refractivity contribution in [1.82, 2.24) is 9.80 Å². The van der Waals surface area contributed by atoms with Crippen LogP contribution in [-0.2, 0) is 4.79 Å². The first kappa shape index (κ1) is 14.0. The van der Waals surface area contributed by atoms with E-state index >= 15 is 0 Å². The molecule has 17 heavy (non-hydrogen) atoms. The molecular formula is C13H23N3O. The molecule has 0 spiro atoms. The molecule has 1 aliphatic rings. The number of carbonyl (C=O) groups is 1. The summed E-state index contributed by atoms with van der Waals surface area (Å²) in [6.45, 7) is 5.42. The smallest absolute Gasteiger partial charge is 0.240 e. The number of likely N-dealkylation sites (N-methyl/N-ethyl adjacent to an activating group) is 1. The summed E-state index contributed by atoms with van der Waals surface area (Å²) in [4.78, 5) is 16.2. The van der Waals surface area contributed by atoms with Crippen molar-refractivity contribution in [3.05, 3.63) is 0 Å². The van der Waals surface area contributed by atoms with E-state index in [0.29, 0.717) is 6.04 Å². The molecule has 2 unspecified atom stereocenters. The number of amides is 1. The first-order valence-electron chi connectivity index (χ1n) is 6.32. The zero-order valence-electron chi connectivity index (χ0n) is 11.3. The van der Waals surface area contributed by atoms with Gasteiger partial charge < -0.3 is 9.80 Å². The van der Waals surface area contributed by atoms with Crippen LogP contribution in [0.2, 0.25) is 0 Å². The van der Waals surface area contributed by atoms with Crippen LogP contribution in [0.15, 0.2) is 0 Å². The Morgan fingerprint density at radius 1 is 1.47 bits per heavy atom. The van der Waals surface area contributed by atoms with Crippen LogP contribution in [0.4, 0.5) is 0 Å². The van der Waals surface area contributed by atoms with E-state index in [4.69, 9.17) is 5.26 Å². The molecule has 0 aliphatic carbocycles. The van der Waals surface area contributed by atoms with Gasteiger partial charge in [0.2, 0.25) is 5.91 Å². The van der Waals surface area contributed by atoms with Crippen molar-refractivity contribution in [3.63, 3.8) is 0 Å². The van der Waals surface area contributed by atoms with Gasteiger partial charge in [-0.15, -0.1) is 0 Å². The number of carbonyl (C=O) groups excluding carboxylic acids is 1. The number of likely N-dealkylation sites (tertiary alicyclic amines) is 1. The molecule has 0 aromatic heterocycles. The van der Waals surface area contributed by atoms with E-state index in [9.17, 15) is 4.79 Å². The average Bonchev–Trinajstić information content (AvgIpc) is 2.29. The van der Waals surface area contributed by atoms with Crippen molar-refractivity contribution in [1.29, 1.82) is 5.26 Å². The molecule has 1 rings (SSSR count). The summed E-state index contributed by atoms with van der Waals surface area (Å²) in [5, 5.41) is 9.06. The second-order valence-corrected chi connectivity index (χ2v) is 5.39. The normalized spacial score (nSPS) is 22.6. The molecule has 2 atom stereocenters. The van der Waals surface area contributed by atoms with Crippen LogP contribution in [0.1, 0.15) is 26.7 Å². The minimum atomic E-state index is -0.490. The first-order chi connectivity index (χ1) is 7.97. The number of piperidine rings is 1. The number of rotatable bonds is 3. The Morgan fingerprint density at radius 2 is 2.12 bits per heavy atom. The monoisotopic (exact) mass is 237 g/mol. The van der Waals surface area contributed by atoms with Crippen molar-refractivity contribution >= 4 is 5.91 Å². The molecule has 4 heteroatoms. The Labute approximate surface area is 104 Å². The molecule has 96 valence electrons. The lowest BCUT2D eigenvalue weighted by atomic mass is 9.94. The fraction of sp³-hybridized carbons (Fsp3) is 0.846. The molecule has 0 saturated carbocycles. The predicted molar refractivity (Wildman–Crippen MR) is 67.2 cm³/mol. The van der Waals surface area contributed by atoms with Crippen LogP contribution in [0, 0.1) is 23.2 Å². The van der Waals surface area contributed by atoms with Gasteiger partial charge in [0.05, 0.1) is 6.07 Å². The first-order valence-corrected chi connectivity index (χ1v) is 6.32. The second kappa shape index (κ2) is 6.02. The van der Waals surface area contributed by atoms with Gasteiger partial charge in [0, 0.05) is 19.1 Å². The third-order valence-corrected chi connectivity index (χ3v) is 3.51. The van der Waals surface area contributed by atoms with E-state index in [-0.39, 0.29) is 11.8 Å². The summed E-state index contributed by atoms with van der Waals surface area (Å²) < 4.78 is 0. The molecule has 0 aromatic rings. The lowest BCUT2D eigenvalue weighted by Crippen LogP contribution is -2.49. The largest absolute Gasteiger partial charge is 0.340 e. The summed E-state index contributed by atoms with van der Waals surface area (Å²) >= 11 is 0. The molecule has 1 saturated heterocycles. The van der Waals surface area contributed by atoms with Crippen LogP contribution < -0.4 is 0 Å². The Balaban J connectivity index is 2.66. The highest BCUT2D eigenvalue weighted by atomic mass is 16.2. The molecule has 0 bridgehead atoms. The van der Waals surface area contributed by atoms with Crippen LogP contribution in [0.3, 0.4) is 0 Å². The van der Waals surface area contributed by atoms with E-state index in [1.54, 1.807) is 0 Å². The Kier molecular flexibility index (Phi) is 4.95. The highest BCUT2D eigenvalue weighted by Gasteiger charge is 2.31. The minimum Gasteiger partial charge on any atom is -0.340 e. The van der Waals surface area contributed by atoms with Crippen LogP contribution in [0.5, 0.6) is 0 Å². The van der Waals surface area contributed by atoms with Crippen molar-refractivity contribution in [3.8, 4) is 6.07 Å². The highest BCUT2D eigenvalue weighted by Crippen LogP contribution is 2.19. The number of hydrogen-bond donors (Lipinski definition) is 0. The number of nitrogens with zero attached hydrogens (tertiary/aromatic N) is 3. The van der Waals surface area contributed by atoms with Crippen LogP contribution in [0.25, 0.3) is 0 Å². The van der Waals surface area contributed by atoms with Crippen LogP contribution >= 0.6 is 0 Å². The molecule has 4 nitrogen and oxygen atoms in total. The average molecular weight is 237 g/mol. The van der Waals surface area contributed by atoms with Gasteiger partial charge in [0.1, 0.15) is 5.92 Å². The van der Waals surface area contributed by atoms with E-state index in [0.717, 1.165) is 25.9 Å². The summed E-state index contributed by atoms with van der Waals surface area (Å²) in [6, 6.07) is 2.57. The highest BCUT2D eigenvalue weighted by molar-refractivity contribution is 5.81. The maximum atomic E-state index is 12.2. The van der Waals surface area contributed by atoms with Crippen molar-refractivity contribution < 1.29 is 4.79 Å². The molecule has 0 N–H and O–H groups in total. The summed E-state index contributed by atoms with van der Waals surface area (Å²) in [5.41, 5.74) is 0. The van der Waals surface area contributed by atoms with Gasteiger partial charge in [-0.25, -0.2) is 0 Å². The molecule has 0 aromatic carbocycles. The quantitative estimate of drug-likeness (QED) is 0.744. The molecular weight excluding hydrogens is 214 g/mol. The van der Waals surface area contributed by atoms with E-state index in [2.05, 4.69) is 11.0 Å². The molecule has 1 heterocycles. The van der Waals surface area contributed by atoms with Crippen molar-refractivity contribution in [2.45, 2.75) is 32.7 Å². The van der Waals surface area contributed by atoms with Gasteiger partial charge in [-0.05, 0) is 32.9 Å². The van der Waals surface area contributed by atoms with Crippen molar-refractivity contribution in [2.75, 3.05) is 27.2 Å². The van der Waals surface area contributed by atoms with Crippen LogP contribution in [-0.4, -0.2) is 48.9 Å². The fourth-order valence-corrected chi connectivity index (χ4v) is 2.26. The molecule has 1 aliphatic heterocycles. The fourth-order valence-electron chi connectivity index (χ4n) is 2.26. The van der Waals surface area contributed by atoms with Gasteiger partial charge in [0.25, 0.3) is 0 Å². The zero-order chi connectivity index (χ0) is 13.0. The van der Waals surface area contributed by atoms with Gasteiger partial charge in [-0.1, -0.05) is 13.8 Å². The third kappa shape index (κ3) is 3.44. The summed E-state index contributed by atoms with van der Waals surface area (Å²) in [6.07, 6.45) is 2.17. The van der Waals surface area contributed by atoms with Gasteiger partial charge in [0.15, 0.2) is 0 Å². The number of hydrogen-bond acceptors (Lipinski definition) is 3. The molecule has 0 radical (unpaired) electrons.